The van der Waals surface area contributed by atoms with Crippen LogP contribution in [0.2, 0.25) is 9.36 Å². The number of carbonyl (C=O) groups is 1. The molecule has 1 aliphatic rings. The maximum atomic E-state index is 13.3. The number of fused-ring (bicyclic) bond motifs is 1. The van der Waals surface area contributed by atoms with Crippen molar-refractivity contribution in [3.05, 3.63) is 86.1 Å². The molecule has 2 aromatic heterocycles. The van der Waals surface area contributed by atoms with Crippen molar-refractivity contribution in [3.63, 3.8) is 0 Å². The Morgan fingerprint density at radius 1 is 1.02 bits per heavy atom. The second-order valence-electron chi connectivity index (χ2n) is 9.85. The number of carbonyl (C=O) groups excluding carboxylic acids is 1. The Labute approximate surface area is 252 Å². The molecule has 0 saturated carbocycles. The van der Waals surface area contributed by atoms with E-state index in [4.69, 9.17) is 27.9 Å². The third kappa shape index (κ3) is 7.38. The fraction of sp³-hybridized carbons (Fsp3) is 0.310. The smallest absolute Gasteiger partial charge is 0.262 e. The number of halogens is 2. The lowest BCUT2D eigenvalue weighted by molar-refractivity contribution is -0.116. The van der Waals surface area contributed by atoms with E-state index in [2.05, 4.69) is 10.2 Å². The van der Waals surface area contributed by atoms with E-state index in [1.807, 2.05) is 18.2 Å². The van der Waals surface area contributed by atoms with E-state index >= 15 is 0 Å². The van der Waals surface area contributed by atoms with Gasteiger partial charge in [-0.1, -0.05) is 29.3 Å². The number of rotatable bonds is 11. The maximum absolute atomic E-state index is 13.3. The van der Waals surface area contributed by atoms with E-state index in [-0.39, 0.29) is 21.2 Å². The first-order valence-electron chi connectivity index (χ1n) is 13.2. The summed E-state index contributed by atoms with van der Waals surface area (Å²) in [6, 6.07) is 15.3. The monoisotopic (exact) mass is 633 g/mol. The molecule has 0 amide bonds. The summed E-state index contributed by atoms with van der Waals surface area (Å²) in [7, 11) is -3.77. The molecule has 5 rings (SSSR count). The minimum atomic E-state index is -3.77. The van der Waals surface area contributed by atoms with E-state index in [1.54, 1.807) is 30.5 Å². The number of ketones is 1. The van der Waals surface area contributed by atoms with Crippen LogP contribution < -0.4 is 10.9 Å². The molecule has 1 N–H and O–H groups in total. The number of aromatic nitrogens is 1. The highest BCUT2D eigenvalue weighted by molar-refractivity contribution is 7.94. The number of benzene rings is 2. The Balaban J connectivity index is 1.24. The molecule has 3 heterocycles. The first kappa shape index (κ1) is 29.8. The number of anilines is 1. The summed E-state index contributed by atoms with van der Waals surface area (Å²) in [4.78, 5) is 28.3. The van der Waals surface area contributed by atoms with E-state index in [0.29, 0.717) is 21.0 Å². The Morgan fingerprint density at radius 2 is 1.83 bits per heavy atom. The first-order valence-corrected chi connectivity index (χ1v) is 16.4. The van der Waals surface area contributed by atoms with Gasteiger partial charge in [0.1, 0.15) is 9.96 Å². The highest BCUT2D eigenvalue weighted by atomic mass is 35.5. The number of pyridine rings is 1. The number of hydrogen-bond donors (Lipinski definition) is 1. The third-order valence-corrected chi connectivity index (χ3v) is 10.7. The zero-order valence-electron chi connectivity index (χ0n) is 22.1. The molecule has 0 radical (unpaired) electrons. The summed E-state index contributed by atoms with van der Waals surface area (Å²) >= 11 is 13.3. The minimum absolute atomic E-state index is 0.0617. The molecule has 1 fully saturated rings. The molecule has 0 unspecified atom stereocenters. The number of Topliss-reactive ketones (excluding diaryl/α,β-unsaturated/α-hetero) is 1. The molecule has 12 heteroatoms. The number of sulfone groups is 1. The summed E-state index contributed by atoms with van der Waals surface area (Å²) in [6.45, 7) is 5.39. The molecule has 0 atom stereocenters. The molecule has 41 heavy (non-hydrogen) atoms. The maximum Gasteiger partial charge on any atom is 0.262 e. The molecule has 1 saturated heterocycles. The van der Waals surface area contributed by atoms with Crippen molar-refractivity contribution < 1.29 is 17.9 Å². The quantitative estimate of drug-likeness (QED) is 0.230. The topological polar surface area (TPSA) is 97.7 Å². The van der Waals surface area contributed by atoms with E-state index in [9.17, 15) is 18.0 Å². The minimum Gasteiger partial charge on any atom is -0.385 e. The molecule has 1 aliphatic heterocycles. The number of morpholine rings is 1. The molecule has 0 spiro atoms. The van der Waals surface area contributed by atoms with Gasteiger partial charge in [-0.2, -0.15) is 0 Å². The summed E-state index contributed by atoms with van der Waals surface area (Å²) in [5.74, 6) is -1.09. The average Bonchev–Trinajstić information content (AvgIpc) is 3.39. The van der Waals surface area contributed by atoms with Gasteiger partial charge in [-0.25, -0.2) is 8.42 Å². The third-order valence-electron chi connectivity index (χ3n) is 6.87. The van der Waals surface area contributed by atoms with Crippen LogP contribution in [-0.4, -0.2) is 68.8 Å². The van der Waals surface area contributed by atoms with Gasteiger partial charge in [0, 0.05) is 43.3 Å². The fourth-order valence-electron chi connectivity index (χ4n) is 4.79. The highest BCUT2D eigenvalue weighted by Gasteiger charge is 2.22. The fourth-order valence-corrected chi connectivity index (χ4v) is 7.90. The van der Waals surface area contributed by atoms with Crippen LogP contribution in [0.25, 0.3) is 16.5 Å². The molecule has 8 nitrogen and oxygen atoms in total. The Kier molecular flexibility index (Phi) is 9.48. The van der Waals surface area contributed by atoms with Crippen LogP contribution in [0.15, 0.2) is 69.8 Å². The zero-order valence-corrected chi connectivity index (χ0v) is 25.3. The lowest BCUT2D eigenvalue weighted by Crippen LogP contribution is -2.37. The summed E-state index contributed by atoms with van der Waals surface area (Å²) < 4.78 is 32.3. The van der Waals surface area contributed by atoms with Crippen LogP contribution in [0.3, 0.4) is 0 Å². The number of hydrogen-bond acceptors (Lipinski definition) is 8. The second kappa shape index (κ2) is 13.1. The van der Waals surface area contributed by atoms with Crippen LogP contribution in [-0.2, 0) is 25.8 Å². The lowest BCUT2D eigenvalue weighted by Gasteiger charge is -2.26. The summed E-state index contributed by atoms with van der Waals surface area (Å²) in [6.07, 6.45) is 2.59. The number of nitrogens with one attached hydrogen (secondary N) is 1. The predicted octanol–water partition coefficient (Wildman–Crippen LogP) is 5.08. The van der Waals surface area contributed by atoms with Crippen molar-refractivity contribution in [3.8, 4) is 5.69 Å². The summed E-state index contributed by atoms with van der Waals surface area (Å²) in [5, 5.41) is 5.09. The predicted molar refractivity (Wildman–Crippen MR) is 165 cm³/mol. The highest BCUT2D eigenvalue weighted by Crippen LogP contribution is 2.27. The Hall–Kier alpha value is -2.73. The largest absolute Gasteiger partial charge is 0.385 e. The molecule has 216 valence electrons. The number of ether oxygens (including phenoxy) is 1. The molecular weight excluding hydrogens is 605 g/mol. The van der Waals surface area contributed by atoms with Crippen LogP contribution in [0.1, 0.15) is 12.0 Å². The molecule has 0 aliphatic carbocycles. The van der Waals surface area contributed by atoms with Crippen molar-refractivity contribution >= 4 is 66.6 Å². The normalized spacial score (nSPS) is 14.4. The molecular formula is C29H29Cl2N3O5S2. The Bertz CT molecular complexity index is 1730. The number of thiophene rings is 1. The van der Waals surface area contributed by atoms with Gasteiger partial charge in [0.15, 0.2) is 15.6 Å². The van der Waals surface area contributed by atoms with Crippen LogP contribution in [0.5, 0.6) is 0 Å². The van der Waals surface area contributed by atoms with Gasteiger partial charge in [0.05, 0.1) is 28.3 Å². The zero-order chi connectivity index (χ0) is 29.0. The number of nitrogens with zero attached hydrogens (tertiary/aromatic N) is 2. The van der Waals surface area contributed by atoms with Crippen LogP contribution in [0, 0.1) is 0 Å². The standard InChI is InChI=1S/C29H29Cl2N3O5S2/c30-25-17-20(16-23(35)19-41(37,38)28-7-6-27(31)40-28)2-5-26(25)34-11-8-21-18-22(3-4-24(21)29(34)36)32-9-1-10-33-12-14-39-15-13-33/h2-8,11,17-18,32H,1,9-10,12-16,19H2. The SMILES string of the molecule is O=C(Cc1ccc(-n2ccc3cc(NCCCN4CCOCC4)ccc3c2=O)c(Cl)c1)CS(=O)(=O)c1ccc(Cl)s1. The summed E-state index contributed by atoms with van der Waals surface area (Å²) in [5.41, 5.74) is 1.77. The van der Waals surface area contributed by atoms with Gasteiger partial charge >= 0.3 is 0 Å². The lowest BCUT2D eigenvalue weighted by atomic mass is 10.1. The molecule has 0 bridgehead atoms. The van der Waals surface area contributed by atoms with Crippen molar-refractivity contribution in [1.82, 2.24) is 9.47 Å². The van der Waals surface area contributed by atoms with Crippen molar-refractivity contribution in [2.45, 2.75) is 17.1 Å². The average molecular weight is 635 g/mol. The van der Waals surface area contributed by atoms with Crippen molar-refractivity contribution in [2.24, 2.45) is 0 Å². The Morgan fingerprint density at radius 3 is 2.56 bits per heavy atom. The van der Waals surface area contributed by atoms with Gasteiger partial charge in [-0.15, -0.1) is 11.3 Å². The second-order valence-corrected chi connectivity index (χ2v) is 14.2. The molecule has 4 aromatic rings. The van der Waals surface area contributed by atoms with Crippen LogP contribution >= 0.6 is 34.5 Å². The molecule has 2 aromatic carbocycles. The van der Waals surface area contributed by atoms with Gasteiger partial charge in [-0.3, -0.25) is 19.1 Å². The van der Waals surface area contributed by atoms with Crippen molar-refractivity contribution in [1.29, 1.82) is 0 Å². The first-order chi connectivity index (χ1) is 19.7. The van der Waals surface area contributed by atoms with Gasteiger partial charge < -0.3 is 10.1 Å². The van der Waals surface area contributed by atoms with Crippen LogP contribution in [0.4, 0.5) is 5.69 Å². The van der Waals surface area contributed by atoms with Gasteiger partial charge in [-0.05, 0) is 72.4 Å². The van der Waals surface area contributed by atoms with E-state index in [1.165, 1.54) is 16.7 Å². The van der Waals surface area contributed by atoms with Gasteiger partial charge in [0.2, 0.25) is 0 Å². The van der Waals surface area contributed by atoms with Crippen molar-refractivity contribution in [2.75, 3.05) is 50.5 Å². The van der Waals surface area contributed by atoms with Gasteiger partial charge in [0.25, 0.3) is 5.56 Å². The van der Waals surface area contributed by atoms with E-state index < -0.39 is 21.4 Å². The van der Waals surface area contributed by atoms with E-state index in [0.717, 1.165) is 68.2 Å².